The van der Waals surface area contributed by atoms with Gasteiger partial charge >= 0.3 is 0 Å². The molecule has 0 spiro atoms. The first-order chi connectivity index (χ1) is 11.8. The molecule has 6 heteroatoms. The van der Waals surface area contributed by atoms with Crippen LogP contribution >= 0.6 is 0 Å². The van der Waals surface area contributed by atoms with Crippen molar-refractivity contribution in [2.75, 3.05) is 5.32 Å². The van der Waals surface area contributed by atoms with Gasteiger partial charge in [-0.1, -0.05) is 17.8 Å². The monoisotopic (exact) mass is 520 g/mol. The van der Waals surface area contributed by atoms with Crippen LogP contribution < -0.4 is 5.32 Å². The molecular weight excluding hydrogens is 498 g/mol. The molecule has 0 fully saturated rings. The third kappa shape index (κ3) is 3.63. The maximum absolute atomic E-state index is 9.65. The Morgan fingerprint density at radius 3 is 2.35 bits per heavy atom. The first kappa shape index (κ1) is 20.1. The van der Waals surface area contributed by atoms with Crippen LogP contribution in [0.5, 0.6) is 11.5 Å². The molecule has 0 unspecified atom stereocenters. The van der Waals surface area contributed by atoms with E-state index in [-0.39, 0.29) is 32.6 Å². The van der Waals surface area contributed by atoms with Crippen molar-refractivity contribution in [1.29, 1.82) is 0 Å². The fourth-order valence-electron chi connectivity index (χ4n) is 2.97. The van der Waals surface area contributed by atoms with E-state index >= 15 is 0 Å². The molecule has 3 rings (SSSR count). The van der Waals surface area contributed by atoms with Crippen molar-refractivity contribution in [2.45, 2.75) is 34.6 Å². The van der Waals surface area contributed by atoms with Gasteiger partial charge in [0.1, 0.15) is 0 Å². The fraction of sp³-hybridized carbons (Fsp3) is 0.250. The van der Waals surface area contributed by atoms with Crippen LogP contribution in [-0.4, -0.2) is 20.0 Å². The molecule has 0 saturated heterocycles. The minimum atomic E-state index is -0.116. The second kappa shape index (κ2) is 7.54. The molecule has 0 amide bonds. The van der Waals surface area contributed by atoms with E-state index in [1.54, 1.807) is 0 Å². The number of aromatic nitrogens is 2. The number of anilines is 2. The van der Waals surface area contributed by atoms with Gasteiger partial charge in [-0.25, -0.2) is 4.68 Å². The van der Waals surface area contributed by atoms with Crippen molar-refractivity contribution < 1.29 is 31.3 Å². The Hall–Kier alpha value is -2.26. The number of phenols is 2. The molecule has 3 aromatic rings. The van der Waals surface area contributed by atoms with E-state index in [9.17, 15) is 10.2 Å². The minimum absolute atomic E-state index is 0. The van der Waals surface area contributed by atoms with Crippen molar-refractivity contribution >= 4 is 11.4 Å². The molecule has 2 aromatic carbocycles. The van der Waals surface area contributed by atoms with Gasteiger partial charge in [0, 0.05) is 32.6 Å². The van der Waals surface area contributed by atoms with Gasteiger partial charge in [-0.2, -0.15) is 5.10 Å². The predicted molar refractivity (Wildman–Crippen MR) is 99.1 cm³/mol. The van der Waals surface area contributed by atoms with Crippen molar-refractivity contribution in [3.8, 4) is 17.2 Å². The Labute approximate surface area is 168 Å². The summed E-state index contributed by atoms with van der Waals surface area (Å²) in [4.78, 5) is 0. The molecule has 0 aliphatic rings. The van der Waals surface area contributed by atoms with Crippen LogP contribution in [0.4, 0.5) is 11.4 Å². The quantitative estimate of drug-likeness (QED) is 0.449. The number of aryl methyl sites for hydroxylation is 2. The summed E-state index contributed by atoms with van der Waals surface area (Å²) in [5, 5.41) is 27.1. The average Bonchev–Trinajstić information content (AvgIpc) is 2.80. The maximum Gasteiger partial charge on any atom is 0.0835 e. The number of hydrogen-bond acceptors (Lipinski definition) is 4. The third-order valence-corrected chi connectivity index (χ3v) is 4.65. The third-order valence-electron chi connectivity index (χ3n) is 4.65. The SMILES string of the molecule is Cc1ccc(-n2nc(C)c(Nc3[c-]c(O)cc(O)c3)c2C)c(C)c1C.[W]. The number of nitrogens with zero attached hydrogens (tertiary/aromatic N) is 2. The molecule has 0 bridgehead atoms. The van der Waals surface area contributed by atoms with Gasteiger partial charge in [-0.15, -0.1) is 12.1 Å². The van der Waals surface area contributed by atoms with Crippen LogP contribution in [0.15, 0.2) is 24.3 Å². The van der Waals surface area contributed by atoms with E-state index in [1.807, 2.05) is 18.5 Å². The summed E-state index contributed by atoms with van der Waals surface area (Å²) < 4.78 is 1.92. The van der Waals surface area contributed by atoms with Gasteiger partial charge in [0.25, 0.3) is 0 Å². The van der Waals surface area contributed by atoms with Gasteiger partial charge in [-0.3, -0.25) is 0 Å². The molecule has 0 aliphatic carbocycles. The standard InChI is InChI=1S/C20H22N3O2.W/c1-11-6-7-19(13(3)12(11)2)23-15(5)20(14(4)22-23)21-16-8-17(24)10-18(25)9-16;/h6-8,10,21,24-25H,1-5H3;/q-1;. The summed E-state index contributed by atoms with van der Waals surface area (Å²) in [5.74, 6) is -0.137. The fourth-order valence-corrected chi connectivity index (χ4v) is 2.97. The first-order valence-electron chi connectivity index (χ1n) is 8.13. The Morgan fingerprint density at radius 1 is 1.00 bits per heavy atom. The average molecular weight is 520 g/mol. The molecule has 0 atom stereocenters. The van der Waals surface area contributed by atoms with Crippen LogP contribution in [0.1, 0.15) is 28.1 Å². The summed E-state index contributed by atoms with van der Waals surface area (Å²) in [6, 6.07) is 9.71. The van der Waals surface area contributed by atoms with E-state index in [1.165, 1.54) is 28.8 Å². The summed E-state index contributed by atoms with van der Waals surface area (Å²) in [6.07, 6.45) is 0. The summed E-state index contributed by atoms with van der Waals surface area (Å²) in [6.45, 7) is 10.2. The summed E-state index contributed by atoms with van der Waals surface area (Å²) >= 11 is 0. The van der Waals surface area contributed by atoms with E-state index < -0.39 is 0 Å². The molecule has 0 aliphatic heterocycles. The smallest absolute Gasteiger partial charge is 0.0835 e. The molecule has 0 radical (unpaired) electrons. The summed E-state index contributed by atoms with van der Waals surface area (Å²) in [7, 11) is 0. The second-order valence-corrected chi connectivity index (χ2v) is 6.37. The maximum atomic E-state index is 9.65. The Morgan fingerprint density at radius 2 is 1.69 bits per heavy atom. The van der Waals surface area contributed by atoms with Gasteiger partial charge in [0.2, 0.25) is 0 Å². The second-order valence-electron chi connectivity index (χ2n) is 6.37. The number of phenolic OH excluding ortho intramolecular Hbond substituents is 2. The molecule has 0 saturated carbocycles. The molecule has 136 valence electrons. The number of rotatable bonds is 3. The van der Waals surface area contributed by atoms with Crippen molar-refractivity contribution in [3.63, 3.8) is 0 Å². The van der Waals surface area contributed by atoms with E-state index in [4.69, 9.17) is 0 Å². The van der Waals surface area contributed by atoms with Gasteiger partial charge in [0.05, 0.1) is 22.8 Å². The van der Waals surface area contributed by atoms with Crippen molar-refractivity contribution in [2.24, 2.45) is 0 Å². The van der Waals surface area contributed by atoms with E-state index in [2.05, 4.69) is 49.4 Å². The normalized spacial score (nSPS) is 10.5. The Balaban J connectivity index is 0.00000243. The minimum Gasteiger partial charge on any atom is -0.534 e. The molecule has 5 nitrogen and oxygen atoms in total. The van der Waals surface area contributed by atoms with Gasteiger partial charge in [0.15, 0.2) is 0 Å². The van der Waals surface area contributed by atoms with Crippen LogP contribution in [0.3, 0.4) is 0 Å². The van der Waals surface area contributed by atoms with E-state index in [0.29, 0.717) is 5.69 Å². The van der Waals surface area contributed by atoms with Crippen LogP contribution in [0, 0.1) is 40.7 Å². The zero-order valence-electron chi connectivity index (χ0n) is 15.5. The number of benzene rings is 2. The van der Waals surface area contributed by atoms with Crippen LogP contribution in [-0.2, 0) is 21.1 Å². The largest absolute Gasteiger partial charge is 0.534 e. The van der Waals surface area contributed by atoms with Crippen molar-refractivity contribution in [3.05, 3.63) is 58.4 Å². The zero-order chi connectivity index (χ0) is 18.3. The topological polar surface area (TPSA) is 70.3 Å². The number of hydrogen-bond donors (Lipinski definition) is 3. The number of nitrogens with one attached hydrogen (secondary N) is 1. The molecular formula is C20H22N3O2W-. The molecule has 1 aromatic heterocycles. The summed E-state index contributed by atoms with van der Waals surface area (Å²) in [5.41, 5.74) is 7.83. The molecule has 3 N–H and O–H groups in total. The van der Waals surface area contributed by atoms with Crippen LogP contribution in [0.2, 0.25) is 0 Å². The molecule has 26 heavy (non-hydrogen) atoms. The Kier molecular flexibility index (Phi) is 5.82. The zero-order valence-corrected chi connectivity index (χ0v) is 18.4. The van der Waals surface area contributed by atoms with Gasteiger partial charge < -0.3 is 15.5 Å². The van der Waals surface area contributed by atoms with Crippen molar-refractivity contribution in [1.82, 2.24) is 9.78 Å². The Bertz CT molecular complexity index is 944. The first-order valence-corrected chi connectivity index (χ1v) is 8.13. The van der Waals surface area contributed by atoms with Crippen LogP contribution in [0.25, 0.3) is 5.69 Å². The van der Waals surface area contributed by atoms with Gasteiger partial charge in [-0.05, 0) is 57.4 Å². The molecule has 1 heterocycles. The number of aromatic hydroxyl groups is 2. The predicted octanol–water partition coefficient (Wildman–Crippen LogP) is 4.37. The van der Waals surface area contributed by atoms with E-state index in [0.717, 1.165) is 22.8 Å².